The molecule has 2 aliphatic rings. The van der Waals surface area contributed by atoms with Gasteiger partial charge in [0, 0.05) is 25.2 Å². The third-order valence-corrected chi connectivity index (χ3v) is 7.43. The van der Waals surface area contributed by atoms with Crippen molar-refractivity contribution in [2.24, 2.45) is 5.92 Å². The van der Waals surface area contributed by atoms with E-state index in [1.165, 1.54) is 0 Å². The van der Waals surface area contributed by atoms with Gasteiger partial charge in [0.25, 0.3) is 5.91 Å². The van der Waals surface area contributed by atoms with E-state index in [1.54, 1.807) is 12.1 Å². The molecule has 168 valence electrons. The number of sulfonamides is 1. The first-order valence-electron chi connectivity index (χ1n) is 10.9. The molecular weight excluding hydrogens is 402 g/mol. The van der Waals surface area contributed by atoms with Crippen LogP contribution >= 0.6 is 0 Å². The Kier molecular flexibility index (Phi) is 7.42. The zero-order chi connectivity index (χ0) is 21.8. The number of piperidine rings is 1. The zero-order valence-electron chi connectivity index (χ0n) is 18.3. The van der Waals surface area contributed by atoms with Crippen molar-refractivity contribution in [1.82, 2.24) is 14.9 Å². The van der Waals surface area contributed by atoms with Crippen LogP contribution < -0.4 is 14.8 Å². The van der Waals surface area contributed by atoms with Crippen LogP contribution in [-0.2, 0) is 10.0 Å². The minimum atomic E-state index is -3.09. The Balaban J connectivity index is 1.36. The molecule has 1 aromatic rings. The molecule has 0 atom stereocenters. The van der Waals surface area contributed by atoms with Crippen LogP contribution in [0.5, 0.6) is 5.75 Å². The molecule has 0 bridgehead atoms. The molecule has 1 aliphatic heterocycles. The number of ether oxygens (including phenoxy) is 1. The summed E-state index contributed by atoms with van der Waals surface area (Å²) < 4.78 is 32.3. The maximum Gasteiger partial charge on any atom is 0.251 e. The highest BCUT2D eigenvalue weighted by Gasteiger charge is 2.35. The van der Waals surface area contributed by atoms with Crippen molar-refractivity contribution >= 4 is 15.9 Å². The quantitative estimate of drug-likeness (QED) is 0.619. The lowest BCUT2D eigenvalue weighted by molar-refractivity contribution is 0.0933. The Labute approximate surface area is 180 Å². The van der Waals surface area contributed by atoms with Crippen molar-refractivity contribution in [2.75, 3.05) is 32.7 Å². The lowest BCUT2D eigenvalue weighted by atomic mass is 9.96. The fraction of sp³-hybridized carbons (Fsp3) is 0.682. The molecule has 1 aromatic carbocycles. The highest BCUT2D eigenvalue weighted by atomic mass is 32.2. The summed E-state index contributed by atoms with van der Waals surface area (Å²) in [6, 6.07) is 7.29. The molecule has 3 rings (SSSR count). The number of rotatable bonds is 9. The zero-order valence-corrected chi connectivity index (χ0v) is 19.1. The molecular formula is C22H35N3O4S. The first-order valence-corrected chi connectivity index (χ1v) is 12.5. The molecule has 7 nitrogen and oxygen atoms in total. The molecule has 1 aliphatic carbocycles. The van der Waals surface area contributed by atoms with Crippen LogP contribution in [0.15, 0.2) is 24.3 Å². The molecule has 1 saturated carbocycles. The average molecular weight is 438 g/mol. The van der Waals surface area contributed by atoms with Gasteiger partial charge in [0.1, 0.15) is 11.4 Å². The van der Waals surface area contributed by atoms with Crippen LogP contribution in [0.3, 0.4) is 0 Å². The molecule has 0 aromatic heterocycles. The maximum absolute atomic E-state index is 12.5. The van der Waals surface area contributed by atoms with Crippen molar-refractivity contribution < 1.29 is 17.9 Å². The molecule has 0 unspecified atom stereocenters. The summed E-state index contributed by atoms with van der Waals surface area (Å²) in [7, 11) is -3.09. The second-order valence-electron chi connectivity index (χ2n) is 9.38. The smallest absolute Gasteiger partial charge is 0.251 e. The number of nitrogens with zero attached hydrogens (tertiary/aromatic N) is 1. The standard InChI is InChI=1S/C22H35N3O4S/c1-22(2,3)29-19-6-4-5-18(15-19)21(26)23-16-17-9-12-25(13-10-17)14-11-24-30(27,28)20-7-8-20/h4-6,15,17,20,24H,7-14,16H2,1-3H3,(H,23,26). The van der Waals surface area contributed by atoms with Gasteiger partial charge in [-0.3, -0.25) is 4.79 Å². The molecule has 1 amide bonds. The number of benzene rings is 1. The topological polar surface area (TPSA) is 87.7 Å². The molecule has 2 N–H and O–H groups in total. The van der Waals surface area contributed by atoms with Gasteiger partial charge in [0.05, 0.1) is 5.25 Å². The van der Waals surface area contributed by atoms with Gasteiger partial charge in [-0.25, -0.2) is 13.1 Å². The van der Waals surface area contributed by atoms with Crippen LogP contribution in [0.2, 0.25) is 0 Å². The largest absolute Gasteiger partial charge is 0.488 e. The first kappa shape index (κ1) is 23.0. The summed E-state index contributed by atoms with van der Waals surface area (Å²) in [6.07, 6.45) is 3.59. The van der Waals surface area contributed by atoms with E-state index in [2.05, 4.69) is 14.9 Å². The highest BCUT2D eigenvalue weighted by molar-refractivity contribution is 7.90. The Morgan fingerprint density at radius 3 is 2.50 bits per heavy atom. The summed E-state index contributed by atoms with van der Waals surface area (Å²) in [5, 5.41) is 2.89. The second-order valence-corrected chi connectivity index (χ2v) is 11.4. The molecule has 2 fully saturated rings. The van der Waals surface area contributed by atoms with E-state index in [-0.39, 0.29) is 16.8 Å². The van der Waals surface area contributed by atoms with E-state index in [4.69, 9.17) is 4.74 Å². The summed E-state index contributed by atoms with van der Waals surface area (Å²) in [5.41, 5.74) is 0.304. The fourth-order valence-electron chi connectivity index (χ4n) is 3.65. The van der Waals surface area contributed by atoms with Gasteiger partial charge in [-0.1, -0.05) is 6.07 Å². The fourth-order valence-corrected chi connectivity index (χ4v) is 5.02. The van der Waals surface area contributed by atoms with Crippen molar-refractivity contribution in [3.05, 3.63) is 29.8 Å². The van der Waals surface area contributed by atoms with Gasteiger partial charge in [-0.2, -0.15) is 0 Å². The van der Waals surface area contributed by atoms with Crippen LogP contribution in [0.1, 0.15) is 56.8 Å². The van der Waals surface area contributed by atoms with Gasteiger partial charge >= 0.3 is 0 Å². The van der Waals surface area contributed by atoms with Crippen molar-refractivity contribution in [2.45, 2.75) is 57.3 Å². The number of amides is 1. The van der Waals surface area contributed by atoms with Crippen LogP contribution in [-0.4, -0.2) is 62.8 Å². The van der Waals surface area contributed by atoms with E-state index in [1.807, 2.05) is 32.9 Å². The summed E-state index contributed by atoms with van der Waals surface area (Å²) in [5.74, 6) is 1.06. The number of nitrogens with one attached hydrogen (secondary N) is 2. The second kappa shape index (κ2) is 9.66. The lowest BCUT2D eigenvalue weighted by Crippen LogP contribution is -2.42. The third-order valence-electron chi connectivity index (χ3n) is 5.47. The predicted molar refractivity (Wildman–Crippen MR) is 118 cm³/mol. The monoisotopic (exact) mass is 437 g/mol. The van der Waals surface area contributed by atoms with Gasteiger partial charge < -0.3 is 15.0 Å². The highest BCUT2D eigenvalue weighted by Crippen LogP contribution is 2.27. The van der Waals surface area contributed by atoms with E-state index in [9.17, 15) is 13.2 Å². The SMILES string of the molecule is CC(C)(C)Oc1cccc(C(=O)NCC2CCN(CCNS(=O)(=O)C3CC3)CC2)c1. The average Bonchev–Trinajstić information content (AvgIpc) is 3.52. The Morgan fingerprint density at radius 1 is 1.17 bits per heavy atom. The van der Waals surface area contributed by atoms with Crippen LogP contribution in [0.4, 0.5) is 0 Å². The van der Waals surface area contributed by atoms with Crippen LogP contribution in [0.25, 0.3) is 0 Å². The third kappa shape index (κ3) is 7.25. The molecule has 8 heteroatoms. The number of hydrogen-bond donors (Lipinski definition) is 2. The molecule has 0 radical (unpaired) electrons. The van der Waals surface area contributed by atoms with Gasteiger partial charge in [0.2, 0.25) is 10.0 Å². The lowest BCUT2D eigenvalue weighted by Gasteiger charge is -2.32. The van der Waals surface area contributed by atoms with Crippen molar-refractivity contribution in [1.29, 1.82) is 0 Å². The first-order chi connectivity index (χ1) is 14.1. The van der Waals surface area contributed by atoms with Crippen molar-refractivity contribution in [3.8, 4) is 5.75 Å². The van der Waals surface area contributed by atoms with Gasteiger partial charge in [0.15, 0.2) is 0 Å². The summed E-state index contributed by atoms with van der Waals surface area (Å²) in [6.45, 7) is 9.68. The van der Waals surface area contributed by atoms with Crippen molar-refractivity contribution in [3.63, 3.8) is 0 Å². The van der Waals surface area contributed by atoms with E-state index < -0.39 is 10.0 Å². The molecule has 1 saturated heterocycles. The number of likely N-dealkylation sites (tertiary alicyclic amines) is 1. The maximum atomic E-state index is 12.5. The van der Waals surface area contributed by atoms with Gasteiger partial charge in [-0.05, 0) is 83.7 Å². The summed E-state index contributed by atoms with van der Waals surface area (Å²) in [4.78, 5) is 14.8. The molecule has 30 heavy (non-hydrogen) atoms. The minimum Gasteiger partial charge on any atom is -0.488 e. The number of carbonyl (C=O) groups is 1. The van der Waals surface area contributed by atoms with E-state index in [0.717, 1.165) is 45.3 Å². The number of hydrogen-bond acceptors (Lipinski definition) is 5. The number of carbonyl (C=O) groups excluding carboxylic acids is 1. The Bertz CT molecular complexity index is 823. The Morgan fingerprint density at radius 2 is 1.87 bits per heavy atom. The Hall–Kier alpha value is -1.64. The van der Waals surface area contributed by atoms with E-state index in [0.29, 0.717) is 30.3 Å². The van der Waals surface area contributed by atoms with Crippen LogP contribution in [0, 0.1) is 5.92 Å². The van der Waals surface area contributed by atoms with E-state index >= 15 is 0 Å². The normalized spacial score (nSPS) is 18.9. The summed E-state index contributed by atoms with van der Waals surface area (Å²) >= 11 is 0. The molecule has 0 spiro atoms. The van der Waals surface area contributed by atoms with Gasteiger partial charge in [-0.15, -0.1) is 0 Å². The predicted octanol–water partition coefficient (Wildman–Crippen LogP) is 2.39. The molecule has 1 heterocycles. The minimum absolute atomic E-state index is 0.0775.